The summed E-state index contributed by atoms with van der Waals surface area (Å²) in [7, 11) is -2.87. The zero-order valence-corrected chi connectivity index (χ0v) is 10.9. The van der Waals surface area contributed by atoms with Crippen molar-refractivity contribution in [2.75, 3.05) is 31.8 Å². The van der Waals surface area contributed by atoms with E-state index in [-0.39, 0.29) is 11.8 Å². The van der Waals surface area contributed by atoms with Crippen LogP contribution in [0.2, 0.25) is 0 Å². The van der Waals surface area contributed by atoms with Crippen LogP contribution in [-0.2, 0) is 14.6 Å². The van der Waals surface area contributed by atoms with Crippen molar-refractivity contribution in [2.45, 2.75) is 26.8 Å². The molecule has 0 rings (SSSR count). The van der Waals surface area contributed by atoms with E-state index in [1.807, 2.05) is 6.92 Å². The molecule has 1 atom stereocenters. The van der Waals surface area contributed by atoms with Crippen LogP contribution in [0.4, 0.5) is 0 Å². The Morgan fingerprint density at radius 3 is 2.33 bits per heavy atom. The highest BCUT2D eigenvalue weighted by Gasteiger charge is 2.13. The first-order valence-corrected chi connectivity index (χ1v) is 7.41. The lowest BCUT2D eigenvalue weighted by Gasteiger charge is -2.21. The second-order valence-corrected chi connectivity index (χ2v) is 6.35. The minimum atomic E-state index is -2.87. The van der Waals surface area contributed by atoms with Crippen molar-refractivity contribution in [3.8, 4) is 0 Å². The molecule has 4 nitrogen and oxygen atoms in total. The van der Waals surface area contributed by atoms with E-state index >= 15 is 0 Å². The summed E-state index contributed by atoms with van der Waals surface area (Å²) >= 11 is 0. The van der Waals surface area contributed by atoms with Crippen molar-refractivity contribution in [3.05, 3.63) is 0 Å². The molecule has 0 fully saturated rings. The highest BCUT2D eigenvalue weighted by Crippen LogP contribution is 2.01. The molecule has 5 heteroatoms. The fraction of sp³-hybridized carbons (Fsp3) is 1.00. The Kier molecular flexibility index (Phi) is 7.13. The molecule has 1 unspecified atom stereocenters. The van der Waals surface area contributed by atoms with Crippen LogP contribution in [-0.4, -0.2) is 46.2 Å². The van der Waals surface area contributed by atoms with Crippen molar-refractivity contribution in [2.24, 2.45) is 5.92 Å². The van der Waals surface area contributed by atoms with Crippen molar-refractivity contribution >= 4 is 9.84 Å². The standard InChI is InChI=1S/C10H23NO3S/c1-5-14-8-10(9(2)3)11-6-7-15(4,12)13/h9-11H,5-8H2,1-4H3. The summed E-state index contributed by atoms with van der Waals surface area (Å²) in [6, 6.07) is 0.228. The Labute approximate surface area is 93.3 Å². The first kappa shape index (κ1) is 14.9. The molecule has 15 heavy (non-hydrogen) atoms. The summed E-state index contributed by atoms with van der Waals surface area (Å²) in [5.74, 6) is 0.624. The van der Waals surface area contributed by atoms with Gasteiger partial charge in [0.2, 0.25) is 0 Å². The van der Waals surface area contributed by atoms with E-state index in [1.54, 1.807) is 0 Å². The fourth-order valence-corrected chi connectivity index (χ4v) is 1.65. The summed E-state index contributed by atoms with van der Waals surface area (Å²) in [6.07, 6.45) is 1.25. The summed E-state index contributed by atoms with van der Waals surface area (Å²) in [4.78, 5) is 0. The predicted octanol–water partition coefficient (Wildman–Crippen LogP) is 0.682. The lowest BCUT2D eigenvalue weighted by molar-refractivity contribution is 0.109. The van der Waals surface area contributed by atoms with Gasteiger partial charge in [0, 0.05) is 25.4 Å². The van der Waals surface area contributed by atoms with E-state index in [0.29, 0.717) is 25.7 Å². The maximum absolute atomic E-state index is 10.9. The molecule has 0 amide bonds. The smallest absolute Gasteiger partial charge is 0.148 e. The van der Waals surface area contributed by atoms with E-state index < -0.39 is 9.84 Å². The van der Waals surface area contributed by atoms with E-state index in [4.69, 9.17) is 4.74 Å². The van der Waals surface area contributed by atoms with Gasteiger partial charge in [-0.2, -0.15) is 0 Å². The lowest BCUT2D eigenvalue weighted by Crippen LogP contribution is -2.40. The zero-order valence-electron chi connectivity index (χ0n) is 10.1. The number of ether oxygens (including phenoxy) is 1. The molecule has 0 aromatic heterocycles. The third-order valence-corrected chi connectivity index (χ3v) is 3.13. The van der Waals surface area contributed by atoms with Crippen molar-refractivity contribution in [1.29, 1.82) is 0 Å². The molecule has 0 aliphatic heterocycles. The van der Waals surface area contributed by atoms with E-state index in [0.717, 1.165) is 0 Å². The highest BCUT2D eigenvalue weighted by molar-refractivity contribution is 7.90. The molecular weight excluding hydrogens is 214 g/mol. The van der Waals surface area contributed by atoms with E-state index in [1.165, 1.54) is 6.26 Å². The molecule has 0 saturated heterocycles. The van der Waals surface area contributed by atoms with Gasteiger partial charge in [0.1, 0.15) is 9.84 Å². The Hall–Kier alpha value is -0.130. The Balaban J connectivity index is 3.86. The van der Waals surface area contributed by atoms with Crippen LogP contribution in [0.5, 0.6) is 0 Å². The number of nitrogens with one attached hydrogen (secondary N) is 1. The Bertz CT molecular complexity index is 249. The maximum Gasteiger partial charge on any atom is 0.148 e. The molecule has 0 aliphatic rings. The van der Waals surface area contributed by atoms with Crippen LogP contribution >= 0.6 is 0 Å². The van der Waals surface area contributed by atoms with Gasteiger partial charge in [0.05, 0.1) is 12.4 Å². The molecule has 0 saturated carbocycles. The van der Waals surface area contributed by atoms with Gasteiger partial charge < -0.3 is 10.1 Å². The molecule has 0 spiro atoms. The average molecular weight is 237 g/mol. The summed E-state index contributed by atoms with van der Waals surface area (Å²) in [5, 5.41) is 3.21. The molecular formula is C10H23NO3S. The SMILES string of the molecule is CCOCC(NCCS(C)(=O)=O)C(C)C. The van der Waals surface area contributed by atoms with Gasteiger partial charge in [-0.15, -0.1) is 0 Å². The van der Waals surface area contributed by atoms with E-state index in [2.05, 4.69) is 19.2 Å². The van der Waals surface area contributed by atoms with Gasteiger partial charge in [-0.25, -0.2) is 8.42 Å². The molecule has 0 heterocycles. The fourth-order valence-electron chi connectivity index (χ4n) is 1.16. The van der Waals surface area contributed by atoms with Crippen molar-refractivity contribution < 1.29 is 13.2 Å². The first-order valence-electron chi connectivity index (χ1n) is 5.35. The zero-order chi connectivity index (χ0) is 11.9. The van der Waals surface area contributed by atoms with Crippen molar-refractivity contribution in [3.63, 3.8) is 0 Å². The predicted molar refractivity (Wildman–Crippen MR) is 62.8 cm³/mol. The van der Waals surface area contributed by atoms with Crippen LogP contribution in [0.15, 0.2) is 0 Å². The first-order chi connectivity index (χ1) is 6.87. The largest absolute Gasteiger partial charge is 0.380 e. The molecule has 1 N–H and O–H groups in total. The van der Waals surface area contributed by atoms with Gasteiger partial charge in [-0.1, -0.05) is 13.8 Å². The number of hydrogen-bond donors (Lipinski definition) is 1. The van der Waals surface area contributed by atoms with Crippen LogP contribution < -0.4 is 5.32 Å². The Morgan fingerprint density at radius 2 is 1.93 bits per heavy atom. The number of hydrogen-bond acceptors (Lipinski definition) is 4. The second kappa shape index (κ2) is 7.19. The van der Waals surface area contributed by atoms with Crippen LogP contribution in [0, 0.1) is 5.92 Å². The number of sulfone groups is 1. The van der Waals surface area contributed by atoms with Crippen LogP contribution in [0.1, 0.15) is 20.8 Å². The van der Waals surface area contributed by atoms with Gasteiger partial charge in [-0.3, -0.25) is 0 Å². The average Bonchev–Trinajstić information content (AvgIpc) is 2.08. The van der Waals surface area contributed by atoms with Gasteiger partial charge >= 0.3 is 0 Å². The third-order valence-electron chi connectivity index (χ3n) is 2.19. The second-order valence-electron chi connectivity index (χ2n) is 4.09. The summed E-state index contributed by atoms with van der Waals surface area (Å²) in [6.45, 7) is 7.96. The van der Waals surface area contributed by atoms with Gasteiger partial charge in [0.25, 0.3) is 0 Å². The van der Waals surface area contributed by atoms with Crippen molar-refractivity contribution in [1.82, 2.24) is 5.32 Å². The van der Waals surface area contributed by atoms with E-state index in [9.17, 15) is 8.42 Å². The third kappa shape index (κ3) is 8.84. The van der Waals surface area contributed by atoms with Gasteiger partial charge in [-0.05, 0) is 12.8 Å². The summed E-state index contributed by atoms with van der Waals surface area (Å²) in [5.41, 5.74) is 0. The Morgan fingerprint density at radius 1 is 1.33 bits per heavy atom. The number of rotatable bonds is 8. The molecule has 92 valence electrons. The molecule has 0 aromatic rings. The monoisotopic (exact) mass is 237 g/mol. The lowest BCUT2D eigenvalue weighted by atomic mass is 10.1. The molecule has 0 bridgehead atoms. The molecule has 0 aromatic carbocycles. The normalized spacial score (nSPS) is 14.5. The molecule has 0 aliphatic carbocycles. The topological polar surface area (TPSA) is 55.4 Å². The maximum atomic E-state index is 10.9. The summed E-state index contributed by atoms with van der Waals surface area (Å²) < 4.78 is 27.2. The minimum Gasteiger partial charge on any atom is -0.380 e. The molecule has 0 radical (unpaired) electrons. The van der Waals surface area contributed by atoms with Crippen LogP contribution in [0.25, 0.3) is 0 Å². The highest BCUT2D eigenvalue weighted by atomic mass is 32.2. The minimum absolute atomic E-state index is 0.183. The van der Waals surface area contributed by atoms with Crippen LogP contribution in [0.3, 0.4) is 0 Å². The quantitative estimate of drug-likeness (QED) is 0.674. The van der Waals surface area contributed by atoms with Gasteiger partial charge in [0.15, 0.2) is 0 Å².